The van der Waals surface area contributed by atoms with Crippen molar-refractivity contribution in [2.75, 3.05) is 0 Å². The fraction of sp³-hybridized carbons (Fsp3) is 0.357. The fourth-order valence-electron chi connectivity index (χ4n) is 1.69. The summed E-state index contributed by atoms with van der Waals surface area (Å²) in [5.74, 6) is -0.449. The molecular weight excluding hydrogens is 295 g/mol. The van der Waals surface area contributed by atoms with Crippen LogP contribution in [0.1, 0.15) is 41.8 Å². The van der Waals surface area contributed by atoms with E-state index in [1.807, 2.05) is 0 Å². The predicted molar refractivity (Wildman–Crippen MR) is 75.8 cm³/mol. The maximum absolute atomic E-state index is 13.3. The number of benzene rings is 1. The first-order valence-electron chi connectivity index (χ1n) is 6.57. The maximum atomic E-state index is 13.3. The summed E-state index contributed by atoms with van der Waals surface area (Å²) in [4.78, 5) is 15.8. The van der Waals surface area contributed by atoms with E-state index in [4.69, 9.17) is 9.63 Å². The molecule has 0 bridgehead atoms. The van der Waals surface area contributed by atoms with Crippen molar-refractivity contribution in [3.05, 3.63) is 41.3 Å². The number of hydrogen-bond acceptors (Lipinski definition) is 5. The number of thioether (sulfide) groups is 1. The van der Waals surface area contributed by atoms with Gasteiger partial charge in [-0.1, -0.05) is 18.5 Å². The Hall–Kier alpha value is -1.89. The topological polar surface area (TPSA) is 76.2 Å². The largest absolute Gasteiger partial charge is 0.478 e. The summed E-state index contributed by atoms with van der Waals surface area (Å²) in [5, 5.41) is 12.7. The molecule has 0 aliphatic carbocycles. The number of aromatic carboxylic acids is 1. The van der Waals surface area contributed by atoms with Crippen LogP contribution in [0.15, 0.2) is 27.6 Å². The molecule has 0 radical (unpaired) electrons. The number of carboxylic acid groups (broad SMARTS) is 1. The Morgan fingerprint density at radius 1 is 1.48 bits per heavy atom. The number of carbonyl (C=O) groups is 1. The molecule has 0 unspecified atom stereocenters. The van der Waals surface area contributed by atoms with Gasteiger partial charge in [0.05, 0.1) is 11.3 Å². The van der Waals surface area contributed by atoms with E-state index in [9.17, 15) is 9.18 Å². The second kappa shape index (κ2) is 7.21. The quantitative estimate of drug-likeness (QED) is 0.788. The fourth-order valence-corrected chi connectivity index (χ4v) is 2.46. The smallest absolute Gasteiger partial charge is 0.338 e. The van der Waals surface area contributed by atoms with E-state index in [0.29, 0.717) is 22.4 Å². The van der Waals surface area contributed by atoms with Gasteiger partial charge in [0.1, 0.15) is 5.82 Å². The molecule has 0 amide bonds. The van der Waals surface area contributed by atoms with Gasteiger partial charge in [-0.05, 0) is 24.6 Å². The summed E-state index contributed by atoms with van der Waals surface area (Å²) in [7, 11) is 0. The Bertz CT molecular complexity index is 630. The van der Waals surface area contributed by atoms with Gasteiger partial charge in [0, 0.05) is 11.3 Å². The van der Waals surface area contributed by atoms with Crippen LogP contribution in [0.25, 0.3) is 0 Å². The van der Waals surface area contributed by atoms with Crippen molar-refractivity contribution in [1.82, 2.24) is 10.1 Å². The summed E-state index contributed by atoms with van der Waals surface area (Å²) in [6.45, 7) is 2.09. The normalized spacial score (nSPS) is 10.8. The first kappa shape index (κ1) is 15.5. The van der Waals surface area contributed by atoms with Gasteiger partial charge < -0.3 is 9.63 Å². The van der Waals surface area contributed by atoms with Gasteiger partial charge in [-0.15, -0.1) is 11.8 Å². The Morgan fingerprint density at radius 3 is 3.00 bits per heavy atom. The Balaban J connectivity index is 1.98. The van der Waals surface area contributed by atoms with Crippen molar-refractivity contribution in [3.63, 3.8) is 0 Å². The maximum Gasteiger partial charge on any atom is 0.338 e. The minimum absolute atomic E-state index is 0.339. The van der Waals surface area contributed by atoms with Gasteiger partial charge in [0.2, 0.25) is 5.89 Å². The predicted octanol–water partition coefficient (Wildman–Crippen LogP) is 3.54. The van der Waals surface area contributed by atoms with E-state index in [2.05, 4.69) is 17.1 Å². The molecular formula is C14H15FN2O3S. The van der Waals surface area contributed by atoms with Crippen molar-refractivity contribution in [2.24, 2.45) is 0 Å². The number of hydrogen-bond donors (Lipinski definition) is 1. The van der Waals surface area contributed by atoms with Gasteiger partial charge in [-0.3, -0.25) is 0 Å². The lowest BCUT2D eigenvalue weighted by Gasteiger charge is -2.01. The molecule has 112 valence electrons. The summed E-state index contributed by atoms with van der Waals surface area (Å²) < 4.78 is 18.4. The lowest BCUT2D eigenvalue weighted by molar-refractivity contribution is 0.0691. The van der Waals surface area contributed by atoms with Gasteiger partial charge in [0.25, 0.3) is 0 Å². The molecule has 0 saturated heterocycles. The molecule has 0 atom stereocenters. The van der Waals surface area contributed by atoms with Crippen molar-refractivity contribution in [2.45, 2.75) is 36.8 Å². The zero-order valence-corrected chi connectivity index (χ0v) is 12.3. The Kier molecular flexibility index (Phi) is 5.32. The van der Waals surface area contributed by atoms with Crippen LogP contribution in [0.3, 0.4) is 0 Å². The molecule has 1 heterocycles. The Labute approximate surface area is 125 Å². The summed E-state index contributed by atoms with van der Waals surface area (Å²) in [5.41, 5.74) is -0.339. The van der Waals surface area contributed by atoms with Gasteiger partial charge in [-0.25, -0.2) is 9.18 Å². The number of halogens is 1. The van der Waals surface area contributed by atoms with Crippen LogP contribution in [0, 0.1) is 5.82 Å². The molecule has 0 aliphatic rings. The third-order valence-electron chi connectivity index (χ3n) is 2.79. The van der Waals surface area contributed by atoms with Gasteiger partial charge in [0.15, 0.2) is 5.82 Å². The molecule has 0 spiro atoms. The zero-order chi connectivity index (χ0) is 15.2. The molecule has 0 saturated carbocycles. The Morgan fingerprint density at radius 2 is 2.29 bits per heavy atom. The summed E-state index contributed by atoms with van der Waals surface area (Å²) in [6, 6.07) is 3.98. The molecule has 1 N–H and O–H groups in total. The molecule has 2 rings (SSSR count). The second-order valence-electron chi connectivity index (χ2n) is 4.44. The molecule has 7 heteroatoms. The van der Waals surface area contributed by atoms with Crippen LogP contribution in [0.2, 0.25) is 0 Å². The molecule has 2 aromatic rings. The number of aryl methyl sites for hydroxylation is 1. The molecule has 1 aromatic carbocycles. The van der Waals surface area contributed by atoms with E-state index >= 15 is 0 Å². The third kappa shape index (κ3) is 4.29. The first-order chi connectivity index (χ1) is 10.1. The van der Waals surface area contributed by atoms with Crippen molar-refractivity contribution in [1.29, 1.82) is 0 Å². The first-order valence-corrected chi connectivity index (χ1v) is 7.55. The van der Waals surface area contributed by atoms with Crippen LogP contribution in [0.4, 0.5) is 4.39 Å². The van der Waals surface area contributed by atoms with E-state index in [1.165, 1.54) is 23.9 Å². The number of carboxylic acids is 1. The highest BCUT2D eigenvalue weighted by atomic mass is 32.2. The third-order valence-corrected chi connectivity index (χ3v) is 3.77. The molecule has 21 heavy (non-hydrogen) atoms. The highest BCUT2D eigenvalue weighted by Crippen LogP contribution is 2.24. The summed E-state index contributed by atoms with van der Waals surface area (Å²) >= 11 is 1.32. The lowest BCUT2D eigenvalue weighted by Crippen LogP contribution is -2.00. The van der Waals surface area contributed by atoms with Gasteiger partial charge >= 0.3 is 5.97 Å². The average molecular weight is 310 g/mol. The minimum Gasteiger partial charge on any atom is -0.478 e. The number of aromatic nitrogens is 2. The monoisotopic (exact) mass is 310 g/mol. The van der Waals surface area contributed by atoms with Crippen molar-refractivity contribution in [3.8, 4) is 0 Å². The van der Waals surface area contributed by atoms with E-state index < -0.39 is 11.8 Å². The van der Waals surface area contributed by atoms with E-state index in [0.717, 1.165) is 25.3 Å². The summed E-state index contributed by atoms with van der Waals surface area (Å²) in [6.07, 6.45) is 2.85. The van der Waals surface area contributed by atoms with Crippen LogP contribution in [0.5, 0.6) is 0 Å². The van der Waals surface area contributed by atoms with Crippen LogP contribution in [-0.4, -0.2) is 21.2 Å². The highest BCUT2D eigenvalue weighted by molar-refractivity contribution is 7.98. The van der Waals surface area contributed by atoms with Gasteiger partial charge in [-0.2, -0.15) is 4.98 Å². The molecule has 0 fully saturated rings. The minimum atomic E-state index is -1.28. The zero-order valence-electron chi connectivity index (χ0n) is 11.5. The van der Waals surface area contributed by atoms with E-state index in [1.54, 1.807) is 0 Å². The number of rotatable bonds is 7. The average Bonchev–Trinajstić information content (AvgIpc) is 2.92. The SMILES string of the molecule is CCCCc1noc(CSc2ccc(F)c(C(=O)O)c2)n1. The van der Waals surface area contributed by atoms with Crippen LogP contribution >= 0.6 is 11.8 Å². The molecule has 1 aromatic heterocycles. The standard InChI is InChI=1S/C14H15FN2O3S/c1-2-3-4-12-16-13(20-17-12)8-21-9-5-6-11(15)10(7-9)14(18)19/h5-7H,2-4,8H2,1H3,(H,18,19). The second-order valence-corrected chi connectivity index (χ2v) is 5.49. The number of unbranched alkanes of at least 4 members (excludes halogenated alkanes) is 1. The van der Waals surface area contributed by atoms with Crippen LogP contribution < -0.4 is 0 Å². The van der Waals surface area contributed by atoms with E-state index in [-0.39, 0.29) is 5.56 Å². The molecule has 0 aliphatic heterocycles. The number of nitrogens with zero attached hydrogens (tertiary/aromatic N) is 2. The molecule has 5 nitrogen and oxygen atoms in total. The van der Waals surface area contributed by atoms with Crippen LogP contribution in [-0.2, 0) is 12.2 Å². The van der Waals surface area contributed by atoms with Crippen molar-refractivity contribution >= 4 is 17.7 Å². The lowest BCUT2D eigenvalue weighted by atomic mass is 10.2. The van der Waals surface area contributed by atoms with Crippen molar-refractivity contribution < 1.29 is 18.8 Å². The highest BCUT2D eigenvalue weighted by Gasteiger charge is 2.12.